The van der Waals surface area contributed by atoms with Crippen molar-refractivity contribution in [2.24, 2.45) is 0 Å². The zero-order chi connectivity index (χ0) is 14.2. The van der Waals surface area contributed by atoms with Gasteiger partial charge in [0, 0.05) is 4.48 Å². The molecule has 2 aromatic rings. The molecule has 0 amide bonds. The molecule has 0 aliphatic carbocycles. The van der Waals surface area contributed by atoms with Crippen LogP contribution in [-0.4, -0.2) is 9.55 Å². The number of nitrogens with zero attached hydrogens (tertiary/aromatic N) is 2. The normalized spacial score (nSPS) is 11.8. The number of benzene rings is 1. The lowest BCUT2D eigenvalue weighted by Crippen LogP contribution is -2.21. The highest BCUT2D eigenvalue weighted by Gasteiger charge is 2.30. The molecule has 0 radical (unpaired) electrons. The fourth-order valence-electron chi connectivity index (χ4n) is 1.67. The number of hydrogen-bond acceptors (Lipinski definition) is 2. The van der Waals surface area contributed by atoms with E-state index in [1.807, 2.05) is 0 Å². The quantitative estimate of drug-likeness (QED) is 0.845. The zero-order valence-corrected chi connectivity index (χ0v) is 11.1. The summed E-state index contributed by atoms with van der Waals surface area (Å²) in [5.74, 6) is 0. The van der Waals surface area contributed by atoms with Crippen LogP contribution < -0.4 is 5.56 Å². The van der Waals surface area contributed by atoms with E-state index >= 15 is 0 Å². The van der Waals surface area contributed by atoms with Gasteiger partial charge in [-0.05, 0) is 18.2 Å². The first kappa shape index (κ1) is 13.8. The van der Waals surface area contributed by atoms with Crippen LogP contribution >= 0.6 is 15.9 Å². The van der Waals surface area contributed by atoms with Crippen LogP contribution in [0.5, 0.6) is 0 Å². The Bertz CT molecular complexity index is 706. The smallest absolute Gasteiger partial charge is 0.300 e. The Morgan fingerprint density at radius 2 is 2.11 bits per heavy atom. The Morgan fingerprint density at radius 3 is 2.68 bits per heavy atom. The molecular weight excluding hydrogens is 325 g/mol. The molecule has 0 fully saturated rings. The van der Waals surface area contributed by atoms with Gasteiger partial charge in [-0.15, -0.1) is 0 Å². The zero-order valence-electron chi connectivity index (χ0n) is 9.54. The molecule has 1 heterocycles. The van der Waals surface area contributed by atoms with E-state index in [1.54, 1.807) is 0 Å². The van der Waals surface area contributed by atoms with Crippen LogP contribution in [0.2, 0.25) is 0 Å². The lowest BCUT2D eigenvalue weighted by atomic mass is 10.2. The summed E-state index contributed by atoms with van der Waals surface area (Å²) in [6, 6.07) is 3.10. The van der Waals surface area contributed by atoms with Gasteiger partial charge in [0.15, 0.2) is 0 Å². The molecule has 1 aromatic heterocycles. The molecule has 19 heavy (non-hydrogen) atoms. The van der Waals surface area contributed by atoms with Crippen molar-refractivity contribution in [3.8, 4) is 0 Å². The highest BCUT2D eigenvalue weighted by atomic mass is 79.9. The summed E-state index contributed by atoms with van der Waals surface area (Å²) in [6.07, 6.45) is -3.39. The second-order valence-corrected chi connectivity index (χ2v) is 5.02. The van der Waals surface area contributed by atoms with E-state index in [-0.39, 0.29) is 12.1 Å². The van der Waals surface area contributed by atoms with E-state index in [2.05, 4.69) is 27.5 Å². The van der Waals surface area contributed by atoms with Crippen molar-refractivity contribution in [3.63, 3.8) is 0 Å². The number of aromatic nitrogens is 2. The van der Waals surface area contributed by atoms with Crippen molar-refractivity contribution in [2.75, 3.05) is 0 Å². The molecule has 0 unspecified atom stereocenters. The van der Waals surface area contributed by atoms with Crippen LogP contribution in [0.15, 0.2) is 40.3 Å². The molecule has 0 N–H and O–H groups in total. The van der Waals surface area contributed by atoms with E-state index in [9.17, 15) is 18.0 Å². The third kappa shape index (κ3) is 2.86. The van der Waals surface area contributed by atoms with Gasteiger partial charge < -0.3 is 4.57 Å². The lowest BCUT2D eigenvalue weighted by Gasteiger charge is -2.11. The second kappa shape index (κ2) is 4.80. The Kier molecular flexibility index (Phi) is 3.49. The highest BCUT2D eigenvalue weighted by molar-refractivity contribution is 9.11. The van der Waals surface area contributed by atoms with Gasteiger partial charge in [-0.25, -0.2) is 4.98 Å². The average molecular weight is 333 g/mol. The van der Waals surface area contributed by atoms with Gasteiger partial charge in [-0.2, -0.15) is 13.2 Å². The highest BCUT2D eigenvalue weighted by Crippen LogP contribution is 2.30. The van der Waals surface area contributed by atoms with E-state index in [4.69, 9.17) is 0 Å². The standard InChI is InChI=1S/C12H8BrF3N2O/c1-7(13)6-18-10-4-8(12(14,15)16)2-3-9(10)17-5-11(18)19/h2-5H,1,6H2. The van der Waals surface area contributed by atoms with E-state index in [0.29, 0.717) is 10.00 Å². The molecule has 1 aromatic carbocycles. The third-order valence-electron chi connectivity index (χ3n) is 2.50. The largest absolute Gasteiger partial charge is 0.416 e. The molecule has 100 valence electrons. The van der Waals surface area contributed by atoms with Gasteiger partial charge in [-0.1, -0.05) is 22.5 Å². The number of halogens is 4. The predicted molar refractivity (Wildman–Crippen MR) is 69.1 cm³/mol. The van der Waals surface area contributed by atoms with Gasteiger partial charge in [0.25, 0.3) is 5.56 Å². The fourth-order valence-corrected chi connectivity index (χ4v) is 1.92. The van der Waals surface area contributed by atoms with Crippen LogP contribution in [0.4, 0.5) is 13.2 Å². The number of allylic oxidation sites excluding steroid dienone is 1. The maximum atomic E-state index is 12.7. The topological polar surface area (TPSA) is 34.9 Å². The molecule has 0 aliphatic rings. The molecule has 0 aliphatic heterocycles. The summed E-state index contributed by atoms with van der Waals surface area (Å²) in [6.45, 7) is 3.67. The van der Waals surface area contributed by atoms with E-state index < -0.39 is 17.3 Å². The van der Waals surface area contributed by atoms with Crippen LogP contribution in [0.1, 0.15) is 5.56 Å². The molecule has 0 bridgehead atoms. The minimum atomic E-state index is -4.46. The van der Waals surface area contributed by atoms with E-state index in [0.717, 1.165) is 18.3 Å². The van der Waals surface area contributed by atoms with Crippen LogP contribution in [-0.2, 0) is 12.7 Å². The molecular formula is C12H8BrF3N2O. The average Bonchev–Trinajstić information content (AvgIpc) is 2.30. The van der Waals surface area contributed by atoms with Crippen molar-refractivity contribution in [3.05, 3.63) is 51.4 Å². The molecule has 2 rings (SSSR count). The van der Waals surface area contributed by atoms with Crippen molar-refractivity contribution in [1.82, 2.24) is 9.55 Å². The molecule has 0 saturated heterocycles. The molecule has 7 heteroatoms. The minimum absolute atomic E-state index is 0.0825. The van der Waals surface area contributed by atoms with E-state index in [1.165, 1.54) is 10.6 Å². The maximum Gasteiger partial charge on any atom is 0.416 e. The molecule has 0 atom stereocenters. The first-order valence-corrected chi connectivity index (χ1v) is 5.98. The third-order valence-corrected chi connectivity index (χ3v) is 2.75. The van der Waals surface area contributed by atoms with Gasteiger partial charge in [0.2, 0.25) is 0 Å². The first-order chi connectivity index (χ1) is 8.79. The minimum Gasteiger partial charge on any atom is -0.300 e. The number of alkyl halides is 3. The summed E-state index contributed by atoms with van der Waals surface area (Å²) >= 11 is 3.09. The monoisotopic (exact) mass is 332 g/mol. The summed E-state index contributed by atoms with van der Waals surface area (Å²) in [4.78, 5) is 15.5. The number of rotatable bonds is 2. The Hall–Kier alpha value is -1.63. The summed E-state index contributed by atoms with van der Waals surface area (Å²) in [5, 5.41) is 0. The SMILES string of the molecule is C=C(Br)Cn1c(=O)cnc2ccc(C(F)(F)F)cc21. The maximum absolute atomic E-state index is 12.7. The Labute approximate surface area is 114 Å². The van der Waals surface area contributed by atoms with Crippen LogP contribution in [0.3, 0.4) is 0 Å². The first-order valence-electron chi connectivity index (χ1n) is 5.19. The van der Waals surface area contributed by atoms with Gasteiger partial charge in [0.05, 0.1) is 29.3 Å². The molecule has 3 nitrogen and oxygen atoms in total. The van der Waals surface area contributed by atoms with Gasteiger partial charge >= 0.3 is 6.18 Å². The van der Waals surface area contributed by atoms with Crippen LogP contribution in [0, 0.1) is 0 Å². The summed E-state index contributed by atoms with van der Waals surface area (Å²) in [7, 11) is 0. The van der Waals surface area contributed by atoms with Gasteiger partial charge in [-0.3, -0.25) is 4.79 Å². The predicted octanol–water partition coefficient (Wildman–Crippen LogP) is 3.32. The Morgan fingerprint density at radius 1 is 1.42 bits per heavy atom. The van der Waals surface area contributed by atoms with Crippen LogP contribution in [0.25, 0.3) is 11.0 Å². The molecule has 0 saturated carbocycles. The van der Waals surface area contributed by atoms with Gasteiger partial charge in [0.1, 0.15) is 0 Å². The van der Waals surface area contributed by atoms with Crippen molar-refractivity contribution in [1.29, 1.82) is 0 Å². The molecule has 0 spiro atoms. The van der Waals surface area contributed by atoms with Crippen molar-refractivity contribution >= 4 is 27.0 Å². The summed E-state index contributed by atoms with van der Waals surface area (Å²) < 4.78 is 39.7. The lowest BCUT2D eigenvalue weighted by molar-refractivity contribution is -0.137. The number of hydrogen-bond donors (Lipinski definition) is 0. The Balaban J connectivity index is 2.74. The number of fused-ring (bicyclic) bond motifs is 1. The summed E-state index contributed by atoms with van der Waals surface area (Å²) in [5.41, 5.74) is -0.849. The second-order valence-electron chi connectivity index (χ2n) is 3.90. The van der Waals surface area contributed by atoms with Crippen molar-refractivity contribution < 1.29 is 13.2 Å². The van der Waals surface area contributed by atoms with Crippen molar-refractivity contribution in [2.45, 2.75) is 12.7 Å². The fraction of sp³-hybridized carbons (Fsp3) is 0.167.